The highest BCUT2D eigenvalue weighted by molar-refractivity contribution is 6.01. The maximum Gasteiger partial charge on any atom is 0.355 e. The van der Waals surface area contributed by atoms with E-state index in [1.54, 1.807) is 13.8 Å². The minimum Gasteiger partial charge on any atom is -0.461 e. The van der Waals surface area contributed by atoms with Gasteiger partial charge in [0, 0.05) is 18.8 Å². The van der Waals surface area contributed by atoms with Crippen LogP contribution in [0.1, 0.15) is 64.7 Å². The third kappa shape index (κ3) is 3.28. The van der Waals surface area contributed by atoms with Gasteiger partial charge in [-0.25, -0.2) is 4.79 Å². The SMILES string of the molecule is CCOC(=O)c1[nH]c(C)c(C(=O)N2CCCCCC2)c1C. The lowest BCUT2D eigenvalue weighted by Crippen LogP contribution is -2.32. The molecule has 0 unspecified atom stereocenters. The Morgan fingerprint density at radius 2 is 1.76 bits per heavy atom. The van der Waals surface area contributed by atoms with E-state index in [4.69, 9.17) is 4.74 Å². The molecule has 2 rings (SSSR count). The molecule has 5 nitrogen and oxygen atoms in total. The number of nitrogens with zero attached hydrogens (tertiary/aromatic N) is 1. The number of carbonyl (C=O) groups is 2. The number of hydrogen-bond acceptors (Lipinski definition) is 3. The molecule has 116 valence electrons. The van der Waals surface area contributed by atoms with Crippen LogP contribution in [0.2, 0.25) is 0 Å². The zero-order valence-electron chi connectivity index (χ0n) is 13.1. The largest absolute Gasteiger partial charge is 0.461 e. The Kier molecular flexibility index (Phi) is 5.04. The van der Waals surface area contributed by atoms with Gasteiger partial charge < -0.3 is 14.6 Å². The van der Waals surface area contributed by atoms with Crippen LogP contribution >= 0.6 is 0 Å². The van der Waals surface area contributed by atoms with Crippen LogP contribution in [0.15, 0.2) is 0 Å². The minimum atomic E-state index is -0.395. The summed E-state index contributed by atoms with van der Waals surface area (Å²) < 4.78 is 5.03. The summed E-state index contributed by atoms with van der Waals surface area (Å²) in [5, 5.41) is 0. The zero-order chi connectivity index (χ0) is 15.4. The maximum atomic E-state index is 12.7. The number of nitrogens with one attached hydrogen (secondary N) is 1. The van der Waals surface area contributed by atoms with Gasteiger partial charge in [0.15, 0.2) is 0 Å². The van der Waals surface area contributed by atoms with Crippen molar-refractivity contribution in [3.05, 3.63) is 22.5 Å². The Bertz CT molecular complexity index is 526. The normalized spacial score (nSPS) is 15.7. The number of aryl methyl sites for hydroxylation is 1. The van der Waals surface area contributed by atoms with Crippen LogP contribution < -0.4 is 0 Å². The van der Waals surface area contributed by atoms with Crippen molar-refractivity contribution < 1.29 is 14.3 Å². The van der Waals surface area contributed by atoms with Gasteiger partial charge in [-0.2, -0.15) is 0 Å². The van der Waals surface area contributed by atoms with Gasteiger partial charge in [-0.1, -0.05) is 12.8 Å². The van der Waals surface area contributed by atoms with Gasteiger partial charge in [-0.15, -0.1) is 0 Å². The van der Waals surface area contributed by atoms with Gasteiger partial charge in [0.1, 0.15) is 5.69 Å². The molecule has 2 heterocycles. The third-order valence-corrected chi connectivity index (χ3v) is 4.02. The van der Waals surface area contributed by atoms with Crippen LogP contribution in [0.5, 0.6) is 0 Å². The van der Waals surface area contributed by atoms with Crippen molar-refractivity contribution >= 4 is 11.9 Å². The van der Waals surface area contributed by atoms with Crippen molar-refractivity contribution in [2.75, 3.05) is 19.7 Å². The monoisotopic (exact) mass is 292 g/mol. The summed E-state index contributed by atoms with van der Waals surface area (Å²) in [4.78, 5) is 29.6. The lowest BCUT2D eigenvalue weighted by atomic mass is 10.1. The fraction of sp³-hybridized carbons (Fsp3) is 0.625. The maximum absolute atomic E-state index is 12.7. The Labute approximate surface area is 125 Å². The summed E-state index contributed by atoms with van der Waals surface area (Å²) in [6.07, 6.45) is 4.48. The number of likely N-dealkylation sites (tertiary alicyclic amines) is 1. The average Bonchev–Trinajstić information content (AvgIpc) is 2.66. The Morgan fingerprint density at radius 3 is 2.33 bits per heavy atom. The van der Waals surface area contributed by atoms with E-state index in [-0.39, 0.29) is 5.91 Å². The zero-order valence-corrected chi connectivity index (χ0v) is 13.1. The molecule has 0 aromatic carbocycles. The first-order valence-electron chi connectivity index (χ1n) is 7.71. The van der Waals surface area contributed by atoms with E-state index in [1.165, 1.54) is 12.8 Å². The summed E-state index contributed by atoms with van der Waals surface area (Å²) in [7, 11) is 0. The molecule has 5 heteroatoms. The van der Waals surface area contributed by atoms with Gasteiger partial charge >= 0.3 is 5.97 Å². The molecule has 0 spiro atoms. The first-order chi connectivity index (χ1) is 10.1. The standard InChI is InChI=1S/C16H24N2O3/c1-4-21-16(20)14-11(2)13(12(3)17-14)15(19)18-9-7-5-6-8-10-18/h17H,4-10H2,1-3H3. The number of aromatic nitrogens is 1. The van der Waals surface area contributed by atoms with Crippen molar-refractivity contribution in [3.8, 4) is 0 Å². The van der Waals surface area contributed by atoms with E-state index >= 15 is 0 Å². The molecule has 1 fully saturated rings. The number of H-pyrrole nitrogens is 1. The van der Waals surface area contributed by atoms with E-state index in [1.807, 2.05) is 11.8 Å². The second kappa shape index (κ2) is 6.78. The van der Waals surface area contributed by atoms with Crippen molar-refractivity contribution in [1.29, 1.82) is 0 Å². The highest BCUT2D eigenvalue weighted by Crippen LogP contribution is 2.22. The molecule has 1 amide bonds. The fourth-order valence-electron chi connectivity index (χ4n) is 2.91. The summed E-state index contributed by atoms with van der Waals surface area (Å²) in [5.41, 5.74) is 2.46. The Morgan fingerprint density at radius 1 is 1.14 bits per heavy atom. The first-order valence-corrected chi connectivity index (χ1v) is 7.71. The van der Waals surface area contributed by atoms with Gasteiger partial charge in [-0.05, 0) is 39.2 Å². The molecular weight excluding hydrogens is 268 g/mol. The smallest absolute Gasteiger partial charge is 0.355 e. The van der Waals surface area contributed by atoms with E-state index in [0.29, 0.717) is 23.4 Å². The van der Waals surface area contributed by atoms with Gasteiger partial charge in [-0.3, -0.25) is 4.79 Å². The molecule has 21 heavy (non-hydrogen) atoms. The predicted octanol–water partition coefficient (Wildman–Crippen LogP) is 2.82. The van der Waals surface area contributed by atoms with Gasteiger partial charge in [0.25, 0.3) is 5.91 Å². The predicted molar refractivity (Wildman–Crippen MR) is 80.6 cm³/mol. The highest BCUT2D eigenvalue weighted by Gasteiger charge is 2.26. The molecule has 0 bridgehead atoms. The lowest BCUT2D eigenvalue weighted by Gasteiger charge is -2.20. The molecule has 0 atom stereocenters. The van der Waals surface area contributed by atoms with Crippen LogP contribution in [0.3, 0.4) is 0 Å². The Balaban J connectivity index is 2.26. The number of ether oxygens (including phenoxy) is 1. The number of aromatic amines is 1. The van der Waals surface area contributed by atoms with Crippen molar-refractivity contribution in [3.63, 3.8) is 0 Å². The number of hydrogen-bond donors (Lipinski definition) is 1. The van der Waals surface area contributed by atoms with Crippen LogP contribution in [0.4, 0.5) is 0 Å². The van der Waals surface area contributed by atoms with E-state index < -0.39 is 5.97 Å². The number of carbonyl (C=O) groups excluding carboxylic acids is 2. The summed E-state index contributed by atoms with van der Waals surface area (Å²) >= 11 is 0. The molecule has 0 radical (unpaired) electrons. The van der Waals surface area contributed by atoms with Gasteiger partial charge in [0.2, 0.25) is 0 Å². The molecule has 0 saturated carbocycles. The first kappa shape index (κ1) is 15.6. The summed E-state index contributed by atoms with van der Waals surface area (Å²) in [5.74, 6) is -0.369. The topological polar surface area (TPSA) is 62.4 Å². The molecule has 1 aromatic heterocycles. The number of amides is 1. The van der Waals surface area contributed by atoms with Crippen molar-refractivity contribution in [1.82, 2.24) is 9.88 Å². The third-order valence-electron chi connectivity index (χ3n) is 4.02. The summed E-state index contributed by atoms with van der Waals surface area (Å²) in [6.45, 7) is 7.34. The van der Waals surface area contributed by atoms with E-state index in [9.17, 15) is 9.59 Å². The fourth-order valence-corrected chi connectivity index (χ4v) is 2.91. The van der Waals surface area contributed by atoms with Crippen molar-refractivity contribution in [2.24, 2.45) is 0 Å². The molecule has 1 aromatic rings. The molecule has 1 aliphatic rings. The van der Waals surface area contributed by atoms with Gasteiger partial charge in [0.05, 0.1) is 12.2 Å². The Hall–Kier alpha value is -1.78. The molecule has 1 N–H and O–H groups in total. The van der Waals surface area contributed by atoms with Crippen LogP contribution in [0.25, 0.3) is 0 Å². The number of esters is 1. The van der Waals surface area contributed by atoms with E-state index in [2.05, 4.69) is 4.98 Å². The molecule has 1 saturated heterocycles. The van der Waals surface area contributed by atoms with Crippen LogP contribution in [-0.4, -0.2) is 41.5 Å². The minimum absolute atomic E-state index is 0.0266. The summed E-state index contributed by atoms with van der Waals surface area (Å²) in [6, 6.07) is 0. The van der Waals surface area contributed by atoms with Crippen LogP contribution in [-0.2, 0) is 4.74 Å². The van der Waals surface area contributed by atoms with E-state index in [0.717, 1.165) is 31.6 Å². The second-order valence-electron chi connectivity index (χ2n) is 5.55. The quantitative estimate of drug-likeness (QED) is 0.871. The highest BCUT2D eigenvalue weighted by atomic mass is 16.5. The lowest BCUT2D eigenvalue weighted by molar-refractivity contribution is 0.0519. The number of rotatable bonds is 3. The molecule has 1 aliphatic heterocycles. The average molecular weight is 292 g/mol. The van der Waals surface area contributed by atoms with Crippen LogP contribution in [0, 0.1) is 13.8 Å². The van der Waals surface area contributed by atoms with Crippen molar-refractivity contribution in [2.45, 2.75) is 46.5 Å². The molecular formula is C16H24N2O3. The second-order valence-corrected chi connectivity index (χ2v) is 5.55. The molecule has 0 aliphatic carbocycles.